The summed E-state index contributed by atoms with van der Waals surface area (Å²) in [5.74, 6) is -0.0893. The van der Waals surface area contributed by atoms with Gasteiger partial charge in [0, 0.05) is 18.3 Å². The van der Waals surface area contributed by atoms with Crippen LogP contribution in [0, 0.1) is 0 Å². The normalized spacial score (nSPS) is 11.7. The molecule has 0 aliphatic rings. The number of nitrogens with one attached hydrogen (secondary N) is 2. The Bertz CT molecular complexity index is 465. The van der Waals surface area contributed by atoms with E-state index in [1.807, 2.05) is 13.2 Å². The maximum Gasteiger partial charge on any atom is 0.335 e. The predicted molar refractivity (Wildman–Crippen MR) is 81.5 cm³/mol. The Balaban J connectivity index is 2.41. The maximum atomic E-state index is 11.6. The number of thioether (sulfide) groups is 1. The van der Waals surface area contributed by atoms with Crippen LogP contribution in [0.3, 0.4) is 0 Å². The van der Waals surface area contributed by atoms with Gasteiger partial charge in [-0.15, -0.1) is 0 Å². The number of carboxylic acid groups (broad SMARTS) is 1. The molecule has 1 atom stereocenters. The van der Waals surface area contributed by atoms with Crippen LogP contribution in [0.25, 0.3) is 0 Å². The van der Waals surface area contributed by atoms with Gasteiger partial charge in [0.25, 0.3) is 0 Å². The minimum Gasteiger partial charge on any atom is -0.478 e. The first-order valence-electron chi connectivity index (χ1n) is 6.39. The molecule has 1 unspecified atom stereocenters. The largest absolute Gasteiger partial charge is 0.478 e. The average molecular weight is 296 g/mol. The number of hydrogen-bond donors (Lipinski definition) is 3. The zero-order valence-electron chi connectivity index (χ0n) is 11.7. The molecule has 0 aliphatic heterocycles. The summed E-state index contributed by atoms with van der Waals surface area (Å²) in [6.45, 7) is 2.35. The van der Waals surface area contributed by atoms with E-state index < -0.39 is 5.97 Å². The van der Waals surface area contributed by atoms with E-state index in [0.717, 1.165) is 11.3 Å². The highest BCUT2D eigenvalue weighted by atomic mass is 32.2. The first-order chi connectivity index (χ1) is 9.54. The van der Waals surface area contributed by atoms with Crippen molar-refractivity contribution >= 4 is 23.8 Å². The van der Waals surface area contributed by atoms with E-state index in [-0.39, 0.29) is 17.6 Å². The second kappa shape index (κ2) is 8.47. The van der Waals surface area contributed by atoms with Crippen LogP contribution in [0.15, 0.2) is 24.3 Å². The van der Waals surface area contributed by atoms with Crippen LogP contribution in [-0.2, 0) is 6.42 Å². The third-order valence-corrected chi connectivity index (χ3v) is 3.56. The van der Waals surface area contributed by atoms with Crippen molar-refractivity contribution in [3.63, 3.8) is 0 Å². The minimum absolute atomic E-state index is 0.108. The number of amides is 2. The molecule has 2 amide bonds. The van der Waals surface area contributed by atoms with Gasteiger partial charge in [-0.3, -0.25) is 0 Å². The Morgan fingerprint density at radius 3 is 2.70 bits per heavy atom. The second-order valence-electron chi connectivity index (χ2n) is 4.47. The SMILES string of the molecule is CSCC(C)NC(=O)NCCc1ccccc1C(=O)O. The quantitative estimate of drug-likeness (QED) is 0.719. The molecule has 0 bridgehead atoms. The van der Waals surface area contributed by atoms with E-state index in [9.17, 15) is 9.59 Å². The van der Waals surface area contributed by atoms with Crippen molar-refractivity contribution in [3.05, 3.63) is 35.4 Å². The minimum atomic E-state index is -0.946. The van der Waals surface area contributed by atoms with Gasteiger partial charge in [0.1, 0.15) is 0 Å². The van der Waals surface area contributed by atoms with Crippen LogP contribution in [0.5, 0.6) is 0 Å². The fourth-order valence-corrected chi connectivity index (χ4v) is 2.41. The second-order valence-corrected chi connectivity index (χ2v) is 5.38. The van der Waals surface area contributed by atoms with Crippen molar-refractivity contribution in [1.82, 2.24) is 10.6 Å². The van der Waals surface area contributed by atoms with Gasteiger partial charge in [-0.1, -0.05) is 18.2 Å². The van der Waals surface area contributed by atoms with Gasteiger partial charge >= 0.3 is 12.0 Å². The standard InChI is InChI=1S/C14H20N2O3S/c1-10(9-20-2)16-14(19)15-8-7-11-5-3-4-6-12(11)13(17)18/h3-6,10H,7-9H2,1-2H3,(H,17,18)(H2,15,16,19). The average Bonchev–Trinajstić information content (AvgIpc) is 2.39. The highest BCUT2D eigenvalue weighted by Gasteiger charge is 2.09. The molecule has 0 spiro atoms. The van der Waals surface area contributed by atoms with Crippen molar-refractivity contribution in [3.8, 4) is 0 Å². The summed E-state index contributed by atoms with van der Waals surface area (Å²) in [6, 6.07) is 6.70. The number of benzene rings is 1. The molecule has 20 heavy (non-hydrogen) atoms. The zero-order chi connectivity index (χ0) is 15.0. The molecule has 6 heteroatoms. The summed E-state index contributed by atoms with van der Waals surface area (Å²) >= 11 is 1.67. The van der Waals surface area contributed by atoms with Gasteiger partial charge in [0.2, 0.25) is 0 Å². The molecule has 1 aromatic rings. The van der Waals surface area contributed by atoms with Gasteiger partial charge in [-0.2, -0.15) is 11.8 Å². The highest BCUT2D eigenvalue weighted by molar-refractivity contribution is 7.98. The maximum absolute atomic E-state index is 11.6. The molecule has 0 saturated carbocycles. The van der Waals surface area contributed by atoms with Gasteiger partial charge in [0.15, 0.2) is 0 Å². The first kappa shape index (κ1) is 16.4. The van der Waals surface area contributed by atoms with E-state index in [0.29, 0.717) is 13.0 Å². The Hall–Kier alpha value is -1.69. The van der Waals surface area contributed by atoms with Crippen molar-refractivity contribution in [2.75, 3.05) is 18.6 Å². The van der Waals surface area contributed by atoms with Gasteiger partial charge in [-0.25, -0.2) is 9.59 Å². The van der Waals surface area contributed by atoms with E-state index in [1.165, 1.54) is 0 Å². The number of carbonyl (C=O) groups is 2. The molecule has 1 aromatic carbocycles. The molecule has 0 saturated heterocycles. The number of rotatable bonds is 7. The third-order valence-electron chi connectivity index (χ3n) is 2.72. The van der Waals surface area contributed by atoms with Crippen molar-refractivity contribution in [2.45, 2.75) is 19.4 Å². The molecular weight excluding hydrogens is 276 g/mol. The number of aromatic carboxylic acids is 1. The number of urea groups is 1. The Labute approximate surface area is 123 Å². The van der Waals surface area contributed by atoms with E-state index in [4.69, 9.17) is 5.11 Å². The summed E-state index contributed by atoms with van der Waals surface area (Å²) in [5, 5.41) is 14.6. The van der Waals surface area contributed by atoms with E-state index >= 15 is 0 Å². The summed E-state index contributed by atoms with van der Waals surface area (Å²) in [4.78, 5) is 22.6. The molecule has 0 aliphatic carbocycles. The lowest BCUT2D eigenvalue weighted by molar-refractivity contribution is 0.0695. The monoisotopic (exact) mass is 296 g/mol. The molecule has 3 N–H and O–H groups in total. The molecule has 1 rings (SSSR count). The molecule has 0 radical (unpaired) electrons. The smallest absolute Gasteiger partial charge is 0.335 e. The van der Waals surface area contributed by atoms with E-state index in [2.05, 4.69) is 10.6 Å². The van der Waals surface area contributed by atoms with E-state index in [1.54, 1.807) is 36.0 Å². The molecule has 5 nitrogen and oxygen atoms in total. The van der Waals surface area contributed by atoms with Crippen molar-refractivity contribution < 1.29 is 14.7 Å². The van der Waals surface area contributed by atoms with Gasteiger partial charge in [0.05, 0.1) is 5.56 Å². The van der Waals surface area contributed by atoms with Gasteiger partial charge in [-0.05, 0) is 31.2 Å². The summed E-state index contributed by atoms with van der Waals surface area (Å²) in [6.07, 6.45) is 2.48. The molecular formula is C14H20N2O3S. The van der Waals surface area contributed by atoms with Crippen LogP contribution in [0.2, 0.25) is 0 Å². The molecule has 0 fully saturated rings. The van der Waals surface area contributed by atoms with Crippen LogP contribution >= 0.6 is 11.8 Å². The first-order valence-corrected chi connectivity index (χ1v) is 7.78. The van der Waals surface area contributed by atoms with Crippen LogP contribution < -0.4 is 10.6 Å². The molecule has 110 valence electrons. The van der Waals surface area contributed by atoms with Crippen molar-refractivity contribution in [2.24, 2.45) is 0 Å². The molecule has 0 heterocycles. The van der Waals surface area contributed by atoms with Crippen LogP contribution in [-0.4, -0.2) is 41.7 Å². The lowest BCUT2D eigenvalue weighted by Crippen LogP contribution is -2.42. The third kappa shape index (κ3) is 5.52. The lowest BCUT2D eigenvalue weighted by atomic mass is 10.0. The summed E-state index contributed by atoms with van der Waals surface area (Å²) in [5.41, 5.74) is 1.00. The Kier molecular flexibility index (Phi) is 6.93. The fourth-order valence-electron chi connectivity index (χ4n) is 1.82. The molecule has 0 aromatic heterocycles. The summed E-state index contributed by atoms with van der Waals surface area (Å²) in [7, 11) is 0. The van der Waals surface area contributed by atoms with Crippen molar-refractivity contribution in [1.29, 1.82) is 0 Å². The lowest BCUT2D eigenvalue weighted by Gasteiger charge is -2.13. The predicted octanol–water partition coefficient (Wildman–Crippen LogP) is 1.98. The number of carboxylic acids is 1. The van der Waals surface area contributed by atoms with Crippen LogP contribution in [0.4, 0.5) is 4.79 Å². The van der Waals surface area contributed by atoms with Crippen LogP contribution in [0.1, 0.15) is 22.8 Å². The Morgan fingerprint density at radius 2 is 2.05 bits per heavy atom. The van der Waals surface area contributed by atoms with Gasteiger partial charge < -0.3 is 15.7 Å². The topological polar surface area (TPSA) is 78.4 Å². The Morgan fingerprint density at radius 1 is 1.35 bits per heavy atom. The number of carbonyl (C=O) groups excluding carboxylic acids is 1. The number of hydrogen-bond acceptors (Lipinski definition) is 3. The fraction of sp³-hybridized carbons (Fsp3) is 0.429. The highest BCUT2D eigenvalue weighted by Crippen LogP contribution is 2.08. The summed E-state index contributed by atoms with van der Waals surface area (Å²) < 4.78 is 0. The zero-order valence-corrected chi connectivity index (χ0v) is 12.5.